The maximum atomic E-state index is 9.14. The number of aliphatic hydroxyl groups excluding tert-OH is 1. The molecule has 5 nitrogen and oxygen atoms in total. The van der Waals surface area contributed by atoms with Crippen molar-refractivity contribution in [2.75, 3.05) is 17.7 Å². The lowest BCUT2D eigenvalue weighted by Gasteiger charge is -2.29. The van der Waals surface area contributed by atoms with Crippen molar-refractivity contribution in [3.05, 3.63) is 11.4 Å². The van der Waals surface area contributed by atoms with Crippen LogP contribution in [0.5, 0.6) is 0 Å². The highest BCUT2D eigenvalue weighted by Crippen LogP contribution is 2.29. The van der Waals surface area contributed by atoms with Crippen LogP contribution in [0, 0.1) is 0 Å². The SMILES string of the molecule is CCC(C)(CCO)Nc1nc(N)nc2sccc12. The van der Waals surface area contributed by atoms with Gasteiger partial charge in [0.1, 0.15) is 10.6 Å². The van der Waals surface area contributed by atoms with E-state index in [1.54, 1.807) is 11.3 Å². The number of aliphatic hydroxyl groups is 1. The third-order valence-electron chi connectivity index (χ3n) is 3.21. The monoisotopic (exact) mass is 266 g/mol. The molecule has 0 aliphatic heterocycles. The van der Waals surface area contributed by atoms with Crippen LogP contribution in [0.2, 0.25) is 0 Å². The molecule has 2 aromatic heterocycles. The summed E-state index contributed by atoms with van der Waals surface area (Å²) in [6, 6.07) is 1.98. The highest BCUT2D eigenvalue weighted by atomic mass is 32.1. The van der Waals surface area contributed by atoms with E-state index >= 15 is 0 Å². The van der Waals surface area contributed by atoms with Gasteiger partial charge in [-0.25, -0.2) is 4.98 Å². The normalized spacial score (nSPS) is 14.6. The Morgan fingerprint density at radius 2 is 2.28 bits per heavy atom. The largest absolute Gasteiger partial charge is 0.396 e. The lowest BCUT2D eigenvalue weighted by molar-refractivity contribution is 0.252. The first-order chi connectivity index (χ1) is 8.58. The summed E-state index contributed by atoms with van der Waals surface area (Å²) < 4.78 is 0. The van der Waals surface area contributed by atoms with E-state index in [9.17, 15) is 0 Å². The van der Waals surface area contributed by atoms with Crippen LogP contribution in [0.25, 0.3) is 10.2 Å². The molecule has 0 saturated carbocycles. The number of nitrogens with two attached hydrogens (primary N) is 1. The lowest BCUT2D eigenvalue weighted by Crippen LogP contribution is -2.35. The van der Waals surface area contributed by atoms with Crippen molar-refractivity contribution in [2.45, 2.75) is 32.2 Å². The number of fused-ring (bicyclic) bond motifs is 1. The Morgan fingerprint density at radius 3 is 2.94 bits per heavy atom. The summed E-state index contributed by atoms with van der Waals surface area (Å²) >= 11 is 1.54. The fourth-order valence-corrected chi connectivity index (χ4v) is 2.60. The lowest BCUT2D eigenvalue weighted by atomic mass is 9.95. The number of nitrogen functional groups attached to an aromatic ring is 1. The molecule has 0 aromatic carbocycles. The van der Waals surface area contributed by atoms with E-state index in [0.717, 1.165) is 22.5 Å². The maximum Gasteiger partial charge on any atom is 0.223 e. The molecule has 2 heterocycles. The molecule has 18 heavy (non-hydrogen) atoms. The summed E-state index contributed by atoms with van der Waals surface area (Å²) in [5.74, 6) is 1.02. The number of nitrogens with one attached hydrogen (secondary N) is 1. The molecule has 0 amide bonds. The van der Waals surface area contributed by atoms with Gasteiger partial charge in [0.15, 0.2) is 0 Å². The molecule has 0 aliphatic carbocycles. The Bertz CT molecular complexity index is 542. The second-order valence-corrected chi connectivity index (χ2v) is 5.48. The van der Waals surface area contributed by atoms with Crippen LogP contribution >= 0.6 is 11.3 Å². The third kappa shape index (κ3) is 2.54. The highest BCUT2D eigenvalue weighted by molar-refractivity contribution is 7.16. The molecular formula is C12H18N4OS. The van der Waals surface area contributed by atoms with Gasteiger partial charge in [-0.15, -0.1) is 11.3 Å². The molecular weight excluding hydrogens is 248 g/mol. The number of hydrogen-bond acceptors (Lipinski definition) is 6. The molecule has 0 saturated heterocycles. The van der Waals surface area contributed by atoms with Crippen molar-refractivity contribution in [3.63, 3.8) is 0 Å². The van der Waals surface area contributed by atoms with Crippen molar-refractivity contribution in [1.82, 2.24) is 9.97 Å². The number of thiophene rings is 1. The predicted octanol–water partition coefficient (Wildman–Crippen LogP) is 2.24. The summed E-state index contributed by atoms with van der Waals surface area (Å²) in [6.07, 6.45) is 1.56. The molecule has 0 radical (unpaired) electrons. The Balaban J connectivity index is 2.38. The minimum Gasteiger partial charge on any atom is -0.396 e. The van der Waals surface area contributed by atoms with Gasteiger partial charge in [-0.3, -0.25) is 0 Å². The van der Waals surface area contributed by atoms with Gasteiger partial charge in [0.25, 0.3) is 0 Å². The summed E-state index contributed by atoms with van der Waals surface area (Å²) in [4.78, 5) is 9.35. The molecule has 1 atom stereocenters. The van der Waals surface area contributed by atoms with Crippen LogP contribution in [0.3, 0.4) is 0 Å². The van der Waals surface area contributed by atoms with Gasteiger partial charge in [0.05, 0.1) is 5.39 Å². The van der Waals surface area contributed by atoms with Crippen LogP contribution in [-0.4, -0.2) is 27.2 Å². The van der Waals surface area contributed by atoms with Gasteiger partial charge in [0.2, 0.25) is 5.95 Å². The molecule has 0 aliphatic rings. The topological polar surface area (TPSA) is 84.1 Å². The summed E-state index contributed by atoms with van der Waals surface area (Å²) in [7, 11) is 0. The number of anilines is 2. The minimum atomic E-state index is -0.190. The Kier molecular flexibility index (Phi) is 3.68. The summed E-state index contributed by atoms with van der Waals surface area (Å²) in [5.41, 5.74) is 5.52. The zero-order valence-electron chi connectivity index (χ0n) is 10.6. The summed E-state index contributed by atoms with van der Waals surface area (Å²) in [5, 5.41) is 15.5. The fraction of sp³-hybridized carbons (Fsp3) is 0.500. The van der Waals surface area contributed by atoms with Crippen molar-refractivity contribution < 1.29 is 5.11 Å². The van der Waals surface area contributed by atoms with Gasteiger partial charge < -0.3 is 16.2 Å². The Morgan fingerprint density at radius 1 is 1.50 bits per heavy atom. The molecule has 2 rings (SSSR count). The van der Waals surface area contributed by atoms with Crippen LogP contribution in [0.15, 0.2) is 11.4 Å². The zero-order chi connectivity index (χ0) is 13.2. The van der Waals surface area contributed by atoms with Gasteiger partial charge >= 0.3 is 0 Å². The molecule has 2 aromatic rings. The van der Waals surface area contributed by atoms with E-state index < -0.39 is 0 Å². The van der Waals surface area contributed by atoms with Gasteiger partial charge in [-0.05, 0) is 31.2 Å². The number of aromatic nitrogens is 2. The van der Waals surface area contributed by atoms with Crippen molar-refractivity contribution in [3.8, 4) is 0 Å². The average molecular weight is 266 g/mol. The second-order valence-electron chi connectivity index (χ2n) is 4.58. The number of rotatable bonds is 5. The minimum absolute atomic E-state index is 0.144. The Labute approximate surface area is 110 Å². The van der Waals surface area contributed by atoms with E-state index in [0.29, 0.717) is 6.42 Å². The van der Waals surface area contributed by atoms with E-state index in [1.807, 2.05) is 11.4 Å². The first kappa shape index (κ1) is 13.0. The molecule has 6 heteroatoms. The fourth-order valence-electron chi connectivity index (χ4n) is 1.83. The standard InChI is InChI=1S/C12H18N4OS/c1-3-12(2,5-6-17)16-9-8-4-7-18-10(8)15-11(13)14-9/h4,7,17H,3,5-6H2,1-2H3,(H3,13,14,15,16). The third-order valence-corrected chi connectivity index (χ3v) is 4.01. The quantitative estimate of drug-likeness (QED) is 0.773. The summed E-state index contributed by atoms with van der Waals surface area (Å²) in [6.45, 7) is 4.29. The van der Waals surface area contributed by atoms with Crippen molar-refractivity contribution in [1.29, 1.82) is 0 Å². The second kappa shape index (κ2) is 5.07. The molecule has 98 valence electrons. The molecule has 4 N–H and O–H groups in total. The molecule has 1 unspecified atom stereocenters. The number of hydrogen-bond donors (Lipinski definition) is 3. The number of nitrogens with zero attached hydrogens (tertiary/aromatic N) is 2. The highest BCUT2D eigenvalue weighted by Gasteiger charge is 2.23. The van der Waals surface area contributed by atoms with Gasteiger partial charge in [-0.2, -0.15) is 4.98 Å². The first-order valence-corrected chi connectivity index (χ1v) is 6.86. The van der Waals surface area contributed by atoms with Crippen LogP contribution in [0.4, 0.5) is 11.8 Å². The maximum absolute atomic E-state index is 9.14. The van der Waals surface area contributed by atoms with Gasteiger partial charge in [-0.1, -0.05) is 6.92 Å². The van der Waals surface area contributed by atoms with E-state index in [1.165, 1.54) is 0 Å². The van der Waals surface area contributed by atoms with E-state index in [-0.39, 0.29) is 18.1 Å². The van der Waals surface area contributed by atoms with E-state index in [2.05, 4.69) is 29.1 Å². The van der Waals surface area contributed by atoms with Crippen LogP contribution in [-0.2, 0) is 0 Å². The molecule has 0 bridgehead atoms. The molecule has 0 fully saturated rings. The van der Waals surface area contributed by atoms with Crippen LogP contribution in [0.1, 0.15) is 26.7 Å². The van der Waals surface area contributed by atoms with Gasteiger partial charge in [0, 0.05) is 12.1 Å². The van der Waals surface area contributed by atoms with Crippen LogP contribution < -0.4 is 11.1 Å². The average Bonchev–Trinajstić information content (AvgIpc) is 2.77. The van der Waals surface area contributed by atoms with E-state index in [4.69, 9.17) is 10.8 Å². The Hall–Kier alpha value is -1.40. The smallest absolute Gasteiger partial charge is 0.223 e. The zero-order valence-corrected chi connectivity index (χ0v) is 11.4. The molecule has 0 spiro atoms. The first-order valence-electron chi connectivity index (χ1n) is 5.98. The predicted molar refractivity (Wildman–Crippen MR) is 75.8 cm³/mol. The van der Waals surface area contributed by atoms with Crippen molar-refractivity contribution in [2.24, 2.45) is 0 Å². The van der Waals surface area contributed by atoms with Crippen molar-refractivity contribution >= 4 is 33.3 Å².